The lowest BCUT2D eigenvalue weighted by Gasteiger charge is -2.27. The van der Waals surface area contributed by atoms with E-state index in [1.54, 1.807) is 6.20 Å². The number of piperidine rings is 1. The van der Waals surface area contributed by atoms with Gasteiger partial charge in [0.25, 0.3) is 5.91 Å². The molecule has 280 valence electrons. The number of aromatic nitrogens is 3. The van der Waals surface area contributed by atoms with Crippen LogP contribution in [-0.4, -0.2) is 73.7 Å². The van der Waals surface area contributed by atoms with Crippen LogP contribution in [0.2, 0.25) is 0 Å². The van der Waals surface area contributed by atoms with Gasteiger partial charge in [0, 0.05) is 60.9 Å². The van der Waals surface area contributed by atoms with Gasteiger partial charge in [0.1, 0.15) is 11.9 Å². The van der Waals surface area contributed by atoms with Gasteiger partial charge in [-0.3, -0.25) is 34.2 Å². The molecule has 2 unspecified atom stereocenters. The number of carbonyl (C=O) groups excluding carboxylic acids is 5. The van der Waals surface area contributed by atoms with Gasteiger partial charge < -0.3 is 16.0 Å². The average Bonchev–Trinajstić information content (AvgIpc) is 3.85. The highest BCUT2D eigenvalue weighted by molar-refractivity contribution is 6.18. The molecule has 13 heteroatoms. The van der Waals surface area contributed by atoms with E-state index in [1.807, 2.05) is 22.7 Å². The molecule has 2 aromatic heterocycles. The Hall–Kier alpha value is -4.55. The number of unbranched alkanes of at least 4 members (excludes halogenated alkanes) is 6. The van der Waals surface area contributed by atoms with Gasteiger partial charge in [0.2, 0.25) is 23.6 Å². The Morgan fingerprint density at radius 2 is 1.73 bits per heavy atom. The number of amides is 5. The Kier molecular flexibility index (Phi) is 12.4. The van der Waals surface area contributed by atoms with Crippen LogP contribution in [0, 0.1) is 5.92 Å². The van der Waals surface area contributed by atoms with Gasteiger partial charge in [0.05, 0.1) is 17.7 Å². The Bertz CT molecular complexity index is 1710. The van der Waals surface area contributed by atoms with E-state index >= 15 is 0 Å². The van der Waals surface area contributed by atoms with E-state index in [9.17, 15) is 24.0 Å². The summed E-state index contributed by atoms with van der Waals surface area (Å²) >= 11 is 0. The van der Waals surface area contributed by atoms with E-state index in [1.165, 1.54) is 0 Å². The van der Waals surface area contributed by atoms with Gasteiger partial charge in [-0.15, -0.1) is 0 Å². The second kappa shape index (κ2) is 17.3. The minimum atomic E-state index is -0.934. The molecule has 2 aliphatic heterocycles. The van der Waals surface area contributed by atoms with Gasteiger partial charge >= 0.3 is 0 Å². The molecule has 0 bridgehead atoms. The van der Waals surface area contributed by atoms with E-state index < -0.39 is 23.8 Å². The summed E-state index contributed by atoms with van der Waals surface area (Å²) in [6.07, 6.45) is 19.0. The summed E-state index contributed by atoms with van der Waals surface area (Å²) in [4.78, 5) is 69.0. The highest BCUT2D eigenvalue weighted by Crippen LogP contribution is 2.36. The zero-order chi connectivity index (χ0) is 36.6. The third-order valence-corrected chi connectivity index (χ3v) is 11.1. The summed E-state index contributed by atoms with van der Waals surface area (Å²) in [5, 5.41) is 17.0. The molecule has 4 atom stereocenters. The minimum Gasteiger partial charge on any atom is -0.385 e. The van der Waals surface area contributed by atoms with E-state index in [2.05, 4.69) is 46.3 Å². The third-order valence-electron chi connectivity index (χ3n) is 11.1. The van der Waals surface area contributed by atoms with Crippen LogP contribution in [0.1, 0.15) is 128 Å². The lowest BCUT2D eigenvalue weighted by molar-refractivity contribution is -0.150. The number of nitrogens with zero attached hydrogens (tertiary/aromatic N) is 4. The standard InChI is InChI=1S/C39H54N8O5/c1-3-25(4-2)30-24-33(47-32(44-30)20-22-41-47)42-26-16-17-27(23-26)43-34(48)15-10-8-6-5-7-9-11-21-40-29-14-12-13-28-36(29)39(52)46(38(28)51)31-18-19-35(49)45-37(31)50/h12,14,20,22,24-28,31,40,42H,3-11,13,15-19,21,23H2,1-2H3,(H,43,48)(H,45,49,50)/t26-,27-,28?,31?/m0/s1. The lowest BCUT2D eigenvalue weighted by atomic mass is 9.91. The van der Waals surface area contributed by atoms with Crippen LogP contribution >= 0.6 is 0 Å². The highest BCUT2D eigenvalue weighted by atomic mass is 16.2. The van der Waals surface area contributed by atoms with Crippen LogP contribution in [0.25, 0.3) is 5.65 Å². The first-order valence-corrected chi connectivity index (χ1v) is 19.5. The number of rotatable bonds is 18. The topological polar surface area (TPSA) is 167 Å². The summed E-state index contributed by atoms with van der Waals surface area (Å²) in [5.41, 5.74) is 3.05. The molecule has 4 aliphatic rings. The maximum absolute atomic E-state index is 13.3. The molecule has 0 radical (unpaired) electrons. The molecule has 0 spiro atoms. The molecule has 2 aromatic rings. The maximum Gasteiger partial charge on any atom is 0.260 e. The normalized spacial score (nSPS) is 23.2. The first-order chi connectivity index (χ1) is 25.3. The molecular weight excluding hydrogens is 660 g/mol. The van der Waals surface area contributed by atoms with Crippen molar-refractivity contribution in [1.29, 1.82) is 0 Å². The Morgan fingerprint density at radius 3 is 2.50 bits per heavy atom. The number of fused-ring (bicyclic) bond motifs is 2. The number of likely N-dealkylation sites (tertiary alicyclic amines) is 1. The predicted molar refractivity (Wildman–Crippen MR) is 197 cm³/mol. The highest BCUT2D eigenvalue weighted by Gasteiger charge is 2.50. The van der Waals surface area contributed by atoms with Crippen molar-refractivity contribution in [3.05, 3.63) is 47.4 Å². The monoisotopic (exact) mass is 714 g/mol. The van der Waals surface area contributed by atoms with Crippen molar-refractivity contribution in [1.82, 2.24) is 35.4 Å². The first kappa shape index (κ1) is 37.2. The zero-order valence-electron chi connectivity index (χ0n) is 30.6. The quantitative estimate of drug-likeness (QED) is 0.125. The second-order valence-electron chi connectivity index (χ2n) is 14.7. The summed E-state index contributed by atoms with van der Waals surface area (Å²) in [7, 11) is 0. The Balaban J connectivity index is 0.837. The van der Waals surface area contributed by atoms with Gasteiger partial charge in [0.15, 0.2) is 5.65 Å². The number of imide groups is 2. The molecule has 0 aromatic carbocycles. The molecule has 2 aliphatic carbocycles. The number of anilines is 1. The van der Waals surface area contributed by atoms with Crippen molar-refractivity contribution in [3.8, 4) is 0 Å². The molecule has 1 saturated carbocycles. The van der Waals surface area contributed by atoms with Crippen LogP contribution in [0.5, 0.6) is 0 Å². The second-order valence-corrected chi connectivity index (χ2v) is 14.7. The van der Waals surface area contributed by atoms with Crippen molar-refractivity contribution in [2.75, 3.05) is 11.9 Å². The molecule has 3 fully saturated rings. The van der Waals surface area contributed by atoms with E-state index in [0.717, 1.165) is 99.1 Å². The predicted octanol–water partition coefficient (Wildman–Crippen LogP) is 4.80. The zero-order valence-corrected chi connectivity index (χ0v) is 30.6. The molecule has 6 rings (SSSR count). The number of carbonyl (C=O) groups is 5. The lowest BCUT2D eigenvalue weighted by Crippen LogP contribution is -2.54. The molecule has 13 nitrogen and oxygen atoms in total. The van der Waals surface area contributed by atoms with Crippen molar-refractivity contribution in [2.24, 2.45) is 5.92 Å². The molecule has 4 heterocycles. The fraction of sp³-hybridized carbons (Fsp3) is 0.615. The van der Waals surface area contributed by atoms with E-state index in [-0.39, 0.29) is 42.6 Å². The number of nitrogens with one attached hydrogen (secondary N) is 4. The van der Waals surface area contributed by atoms with Crippen LogP contribution in [0.4, 0.5) is 5.82 Å². The summed E-state index contributed by atoms with van der Waals surface area (Å²) in [6, 6.07) is 3.63. The number of allylic oxidation sites excluding steroid dienone is 2. The van der Waals surface area contributed by atoms with Gasteiger partial charge in [-0.05, 0) is 63.9 Å². The van der Waals surface area contributed by atoms with Crippen molar-refractivity contribution >= 4 is 41.0 Å². The van der Waals surface area contributed by atoms with Gasteiger partial charge in [-0.2, -0.15) is 9.61 Å². The Morgan fingerprint density at radius 1 is 0.981 bits per heavy atom. The average molecular weight is 715 g/mol. The van der Waals surface area contributed by atoms with Crippen molar-refractivity contribution in [3.63, 3.8) is 0 Å². The molecule has 2 saturated heterocycles. The van der Waals surface area contributed by atoms with Crippen LogP contribution in [-0.2, 0) is 24.0 Å². The molecule has 52 heavy (non-hydrogen) atoms. The van der Waals surface area contributed by atoms with Crippen LogP contribution in [0.15, 0.2) is 41.8 Å². The maximum atomic E-state index is 13.3. The number of hydrogen-bond acceptors (Lipinski definition) is 9. The largest absolute Gasteiger partial charge is 0.385 e. The number of hydrogen-bond donors (Lipinski definition) is 4. The first-order valence-electron chi connectivity index (χ1n) is 19.5. The van der Waals surface area contributed by atoms with Gasteiger partial charge in [-0.1, -0.05) is 52.0 Å². The van der Waals surface area contributed by atoms with Crippen molar-refractivity contribution in [2.45, 2.75) is 141 Å². The van der Waals surface area contributed by atoms with Gasteiger partial charge in [-0.25, -0.2) is 4.98 Å². The van der Waals surface area contributed by atoms with Crippen LogP contribution < -0.4 is 21.3 Å². The SMILES string of the molecule is CCC(CC)c1cc(N[C@H]2CC[C@H](NC(=O)CCCCCCCCCNC3=C4C(=O)N(C5CCC(=O)NC5=O)C(=O)C4CC=C3)C2)n2nccc2n1. The summed E-state index contributed by atoms with van der Waals surface area (Å²) < 4.78 is 1.88. The Labute approximate surface area is 305 Å². The van der Waals surface area contributed by atoms with Crippen LogP contribution in [0.3, 0.4) is 0 Å². The van der Waals surface area contributed by atoms with E-state index in [0.29, 0.717) is 36.6 Å². The molecular formula is C39H54N8O5. The minimum absolute atomic E-state index is 0.111. The third kappa shape index (κ3) is 8.56. The summed E-state index contributed by atoms with van der Waals surface area (Å²) in [6.45, 7) is 5.09. The summed E-state index contributed by atoms with van der Waals surface area (Å²) in [5.74, 6) is -0.801. The fourth-order valence-electron chi connectivity index (χ4n) is 8.20. The molecule has 4 N–H and O–H groups in total. The van der Waals surface area contributed by atoms with E-state index in [4.69, 9.17) is 4.98 Å². The molecule has 5 amide bonds. The smallest absolute Gasteiger partial charge is 0.260 e. The fourth-order valence-corrected chi connectivity index (χ4v) is 8.20. The van der Waals surface area contributed by atoms with Crippen molar-refractivity contribution < 1.29 is 24.0 Å².